The predicted molar refractivity (Wildman–Crippen MR) is 89.2 cm³/mol. The predicted octanol–water partition coefficient (Wildman–Crippen LogP) is 4.97. The highest BCUT2D eigenvalue weighted by Gasteiger charge is 2.31. The van der Waals surface area contributed by atoms with Crippen LogP contribution >= 0.6 is 0 Å². The number of amides is 1. The summed E-state index contributed by atoms with van der Waals surface area (Å²) in [5.74, 6) is 0.490. The number of carbonyl (C=O) groups is 1. The van der Waals surface area contributed by atoms with Crippen LogP contribution < -0.4 is 4.90 Å². The molecule has 0 bridgehead atoms. The zero-order valence-electron chi connectivity index (χ0n) is 14.1. The van der Waals surface area contributed by atoms with Crippen LogP contribution in [0.2, 0.25) is 0 Å². The maximum atomic E-state index is 14.3. The molecule has 1 aliphatic rings. The van der Waals surface area contributed by atoms with E-state index in [0.29, 0.717) is 11.6 Å². The first-order valence-electron chi connectivity index (χ1n) is 8.36. The molecule has 0 N–H and O–H groups in total. The molecule has 0 heterocycles. The van der Waals surface area contributed by atoms with Gasteiger partial charge in [-0.15, -0.1) is 0 Å². The molecular weight excluding hydrogens is 277 g/mol. The van der Waals surface area contributed by atoms with Gasteiger partial charge >= 0.3 is 0 Å². The van der Waals surface area contributed by atoms with Crippen LogP contribution in [-0.4, -0.2) is 11.9 Å². The smallest absolute Gasteiger partial charge is 0.230 e. The molecule has 1 fully saturated rings. The molecule has 3 heteroatoms. The summed E-state index contributed by atoms with van der Waals surface area (Å²) in [6, 6.07) is 4.92. The molecule has 22 heavy (non-hydrogen) atoms. The van der Waals surface area contributed by atoms with E-state index in [9.17, 15) is 9.18 Å². The van der Waals surface area contributed by atoms with Crippen molar-refractivity contribution in [1.82, 2.24) is 0 Å². The number of benzene rings is 1. The Morgan fingerprint density at radius 1 is 1.27 bits per heavy atom. The van der Waals surface area contributed by atoms with Crippen molar-refractivity contribution < 1.29 is 9.18 Å². The van der Waals surface area contributed by atoms with Crippen LogP contribution in [0.15, 0.2) is 18.2 Å². The van der Waals surface area contributed by atoms with Crippen molar-refractivity contribution in [3.8, 4) is 0 Å². The van der Waals surface area contributed by atoms with Crippen molar-refractivity contribution in [2.24, 2.45) is 11.8 Å². The van der Waals surface area contributed by atoms with E-state index in [0.717, 1.165) is 31.2 Å². The molecule has 121 valence electrons. The Bertz CT molecular complexity index is 518. The molecule has 2 nitrogen and oxygen atoms in total. The van der Waals surface area contributed by atoms with E-state index in [-0.39, 0.29) is 23.7 Å². The highest BCUT2D eigenvalue weighted by atomic mass is 19.1. The number of halogens is 1. The average molecular weight is 304 g/mol. The standard InChI is InChI=1S/C19H27FNO/c1-5-15-8-11-17(20)18(12-15)21(13(2)3)19(22)16-9-6-14(4)7-10-16/h5,8,11-14,16H,6-7,9-10H2,1-4H3/t14-,16-. The quantitative estimate of drug-likeness (QED) is 0.769. The van der Waals surface area contributed by atoms with Crippen molar-refractivity contribution in [2.45, 2.75) is 59.4 Å². The fraction of sp³-hybridized carbons (Fsp3) is 0.579. The summed E-state index contributed by atoms with van der Waals surface area (Å²) in [6.45, 7) is 8.05. The second-order valence-corrected chi connectivity index (χ2v) is 6.76. The molecule has 0 aromatic heterocycles. The molecule has 0 atom stereocenters. The van der Waals surface area contributed by atoms with Crippen LogP contribution in [0.1, 0.15) is 58.9 Å². The van der Waals surface area contributed by atoms with Gasteiger partial charge in [-0.3, -0.25) is 4.79 Å². The van der Waals surface area contributed by atoms with Crippen LogP contribution in [0.3, 0.4) is 0 Å². The second-order valence-electron chi connectivity index (χ2n) is 6.76. The topological polar surface area (TPSA) is 20.3 Å². The zero-order chi connectivity index (χ0) is 16.3. The lowest BCUT2D eigenvalue weighted by atomic mass is 9.82. The minimum absolute atomic E-state index is 0.0345. The number of hydrogen-bond acceptors (Lipinski definition) is 1. The molecular formula is C19H27FNO. The van der Waals surface area contributed by atoms with Gasteiger partial charge in [0.2, 0.25) is 5.91 Å². The third kappa shape index (κ3) is 3.68. The first-order chi connectivity index (χ1) is 10.4. The van der Waals surface area contributed by atoms with E-state index in [2.05, 4.69) is 6.92 Å². The molecule has 0 aliphatic heterocycles. The third-order valence-corrected chi connectivity index (χ3v) is 4.68. The summed E-state index contributed by atoms with van der Waals surface area (Å²) in [4.78, 5) is 14.6. The monoisotopic (exact) mass is 304 g/mol. The molecule has 2 rings (SSSR count). The molecule has 1 aromatic rings. The van der Waals surface area contributed by atoms with Gasteiger partial charge in [-0.05, 0) is 69.6 Å². The summed E-state index contributed by atoms with van der Waals surface area (Å²) in [5, 5.41) is 0. The Labute approximate surface area is 133 Å². The number of hydrogen-bond donors (Lipinski definition) is 0. The van der Waals surface area contributed by atoms with Gasteiger partial charge in [0, 0.05) is 12.0 Å². The van der Waals surface area contributed by atoms with E-state index < -0.39 is 0 Å². The molecule has 0 spiro atoms. The normalized spacial score (nSPS) is 21.9. The van der Waals surface area contributed by atoms with Crippen molar-refractivity contribution >= 4 is 11.6 Å². The van der Waals surface area contributed by atoms with Crippen LogP contribution in [0.4, 0.5) is 10.1 Å². The number of anilines is 1. The van der Waals surface area contributed by atoms with E-state index >= 15 is 0 Å². The third-order valence-electron chi connectivity index (χ3n) is 4.68. The van der Waals surface area contributed by atoms with E-state index in [1.54, 1.807) is 17.0 Å². The lowest BCUT2D eigenvalue weighted by Crippen LogP contribution is -2.42. The summed E-state index contributed by atoms with van der Waals surface area (Å²) in [5.41, 5.74) is 1.35. The Kier molecular flexibility index (Phi) is 5.60. The Balaban J connectivity index is 2.28. The summed E-state index contributed by atoms with van der Waals surface area (Å²) in [7, 11) is 0. The van der Waals surface area contributed by atoms with Gasteiger partial charge < -0.3 is 4.90 Å². The number of nitrogens with zero attached hydrogens (tertiary/aromatic N) is 1. The second kappa shape index (κ2) is 7.26. The minimum atomic E-state index is -0.322. The molecule has 1 aromatic carbocycles. The highest BCUT2D eigenvalue weighted by molar-refractivity contribution is 5.95. The van der Waals surface area contributed by atoms with Crippen molar-refractivity contribution in [3.63, 3.8) is 0 Å². The van der Waals surface area contributed by atoms with Crippen molar-refractivity contribution in [1.29, 1.82) is 0 Å². The molecule has 0 saturated heterocycles. The van der Waals surface area contributed by atoms with E-state index in [1.807, 2.05) is 27.2 Å². The Morgan fingerprint density at radius 2 is 1.91 bits per heavy atom. The number of carbonyl (C=O) groups excluding carboxylic acids is 1. The van der Waals surface area contributed by atoms with Crippen LogP contribution in [-0.2, 0) is 4.79 Å². The molecule has 1 saturated carbocycles. The highest BCUT2D eigenvalue weighted by Crippen LogP contribution is 2.33. The molecule has 1 radical (unpaired) electrons. The van der Waals surface area contributed by atoms with Gasteiger partial charge in [-0.1, -0.05) is 19.9 Å². The van der Waals surface area contributed by atoms with Crippen molar-refractivity contribution in [3.05, 3.63) is 36.0 Å². The van der Waals surface area contributed by atoms with Gasteiger partial charge in [0.25, 0.3) is 0 Å². The molecule has 0 unspecified atom stereocenters. The fourth-order valence-electron chi connectivity index (χ4n) is 3.25. The van der Waals surface area contributed by atoms with E-state index in [4.69, 9.17) is 0 Å². The largest absolute Gasteiger partial charge is 0.307 e. The average Bonchev–Trinajstić information content (AvgIpc) is 2.49. The van der Waals surface area contributed by atoms with Crippen molar-refractivity contribution in [2.75, 3.05) is 4.90 Å². The van der Waals surface area contributed by atoms with Gasteiger partial charge in [0.1, 0.15) is 5.82 Å². The Hall–Kier alpha value is -1.38. The summed E-state index contributed by atoms with van der Waals surface area (Å²) < 4.78 is 14.3. The van der Waals surface area contributed by atoms with Crippen LogP contribution in [0.25, 0.3) is 0 Å². The number of rotatable bonds is 4. The van der Waals surface area contributed by atoms with E-state index in [1.165, 1.54) is 6.07 Å². The molecule has 1 amide bonds. The van der Waals surface area contributed by atoms with Gasteiger partial charge in [0.05, 0.1) is 5.69 Å². The van der Waals surface area contributed by atoms with Gasteiger partial charge in [0.15, 0.2) is 0 Å². The minimum Gasteiger partial charge on any atom is -0.307 e. The SMILES string of the molecule is C[CH]c1ccc(F)c(N(C(=O)[C@H]2CC[C@H](C)CC2)C(C)C)c1. The summed E-state index contributed by atoms with van der Waals surface area (Å²) in [6.07, 6.45) is 5.95. The van der Waals surface area contributed by atoms with Crippen LogP contribution in [0.5, 0.6) is 0 Å². The summed E-state index contributed by atoms with van der Waals surface area (Å²) >= 11 is 0. The van der Waals surface area contributed by atoms with Gasteiger partial charge in [-0.2, -0.15) is 0 Å². The molecule has 1 aliphatic carbocycles. The first kappa shape index (κ1) is 17.0. The maximum absolute atomic E-state index is 14.3. The lowest BCUT2D eigenvalue weighted by molar-refractivity contribution is -0.123. The van der Waals surface area contributed by atoms with Gasteiger partial charge in [-0.25, -0.2) is 4.39 Å². The lowest BCUT2D eigenvalue weighted by Gasteiger charge is -2.34. The fourth-order valence-corrected chi connectivity index (χ4v) is 3.25. The zero-order valence-corrected chi connectivity index (χ0v) is 14.1. The van der Waals surface area contributed by atoms with Crippen LogP contribution in [0, 0.1) is 24.1 Å². The Morgan fingerprint density at radius 3 is 2.45 bits per heavy atom. The first-order valence-corrected chi connectivity index (χ1v) is 8.36. The maximum Gasteiger partial charge on any atom is 0.230 e.